The second kappa shape index (κ2) is 7.46. The van der Waals surface area contributed by atoms with Gasteiger partial charge in [-0.2, -0.15) is 0 Å². The minimum atomic E-state index is -0.229. The summed E-state index contributed by atoms with van der Waals surface area (Å²) in [6, 6.07) is 0. The SMILES string of the molecule is CC(O)CCN(C)CC1CC(C(C)C)CCC1O. The molecule has 0 saturated heterocycles. The fraction of sp³-hybridized carbons (Fsp3) is 1.00. The first-order valence-corrected chi connectivity index (χ1v) is 7.44. The molecule has 1 aliphatic carbocycles. The fourth-order valence-electron chi connectivity index (χ4n) is 2.98. The van der Waals surface area contributed by atoms with Gasteiger partial charge < -0.3 is 15.1 Å². The second-order valence-electron chi connectivity index (χ2n) is 6.54. The molecule has 0 amide bonds. The Morgan fingerprint density at radius 1 is 1.22 bits per heavy atom. The van der Waals surface area contributed by atoms with Crippen LogP contribution in [0.5, 0.6) is 0 Å². The van der Waals surface area contributed by atoms with Crippen molar-refractivity contribution in [3.63, 3.8) is 0 Å². The Hall–Kier alpha value is -0.120. The van der Waals surface area contributed by atoms with Crippen LogP contribution < -0.4 is 0 Å². The minimum Gasteiger partial charge on any atom is -0.393 e. The molecule has 18 heavy (non-hydrogen) atoms. The van der Waals surface area contributed by atoms with Crippen molar-refractivity contribution in [2.75, 3.05) is 20.1 Å². The van der Waals surface area contributed by atoms with Crippen LogP contribution in [0.1, 0.15) is 46.5 Å². The van der Waals surface area contributed by atoms with Crippen LogP contribution in [-0.2, 0) is 0 Å². The first-order chi connectivity index (χ1) is 8.40. The van der Waals surface area contributed by atoms with E-state index in [9.17, 15) is 10.2 Å². The van der Waals surface area contributed by atoms with Crippen molar-refractivity contribution in [3.8, 4) is 0 Å². The lowest BCUT2D eigenvalue weighted by Crippen LogP contribution is -2.39. The van der Waals surface area contributed by atoms with Crippen LogP contribution in [0.3, 0.4) is 0 Å². The Kier molecular flexibility index (Phi) is 6.61. The summed E-state index contributed by atoms with van der Waals surface area (Å²) in [6.07, 6.45) is 3.73. The number of aliphatic hydroxyl groups is 2. The fourth-order valence-corrected chi connectivity index (χ4v) is 2.98. The van der Waals surface area contributed by atoms with E-state index >= 15 is 0 Å². The molecular formula is C15H31NO2. The van der Waals surface area contributed by atoms with E-state index in [2.05, 4.69) is 25.8 Å². The quantitative estimate of drug-likeness (QED) is 0.766. The molecule has 0 aromatic rings. The maximum Gasteiger partial charge on any atom is 0.0580 e. The van der Waals surface area contributed by atoms with Crippen LogP contribution >= 0.6 is 0 Å². The third-order valence-electron chi connectivity index (χ3n) is 4.40. The summed E-state index contributed by atoms with van der Waals surface area (Å²) in [5.74, 6) is 1.90. The molecule has 3 nitrogen and oxygen atoms in total. The molecule has 4 unspecified atom stereocenters. The molecule has 1 saturated carbocycles. The zero-order valence-corrected chi connectivity index (χ0v) is 12.5. The predicted octanol–water partition coefficient (Wildman–Crippen LogP) is 2.12. The van der Waals surface area contributed by atoms with Crippen LogP contribution in [0, 0.1) is 17.8 Å². The lowest BCUT2D eigenvalue weighted by molar-refractivity contribution is 0.0208. The summed E-state index contributed by atoms with van der Waals surface area (Å²) < 4.78 is 0. The summed E-state index contributed by atoms with van der Waals surface area (Å²) in [6.45, 7) is 8.27. The average molecular weight is 257 g/mol. The maximum absolute atomic E-state index is 10.1. The Balaban J connectivity index is 2.38. The standard InChI is InChI=1S/C15H31NO2/c1-11(2)13-5-6-15(18)14(9-13)10-16(4)8-7-12(3)17/h11-15,17-18H,5-10H2,1-4H3. The van der Waals surface area contributed by atoms with Gasteiger partial charge in [0, 0.05) is 13.1 Å². The van der Waals surface area contributed by atoms with E-state index in [0.717, 1.165) is 44.2 Å². The van der Waals surface area contributed by atoms with Gasteiger partial charge in [0.2, 0.25) is 0 Å². The Bertz CT molecular complexity index is 231. The topological polar surface area (TPSA) is 43.7 Å². The smallest absolute Gasteiger partial charge is 0.0580 e. The van der Waals surface area contributed by atoms with Gasteiger partial charge in [-0.3, -0.25) is 0 Å². The van der Waals surface area contributed by atoms with Gasteiger partial charge in [0.1, 0.15) is 0 Å². The normalized spacial score (nSPS) is 31.0. The second-order valence-corrected chi connectivity index (χ2v) is 6.54. The number of nitrogens with zero attached hydrogens (tertiary/aromatic N) is 1. The van der Waals surface area contributed by atoms with E-state index in [1.807, 2.05) is 6.92 Å². The van der Waals surface area contributed by atoms with Gasteiger partial charge in [-0.25, -0.2) is 0 Å². The van der Waals surface area contributed by atoms with E-state index in [-0.39, 0.29) is 12.2 Å². The van der Waals surface area contributed by atoms with Gasteiger partial charge in [0.05, 0.1) is 12.2 Å². The molecule has 3 heteroatoms. The Morgan fingerprint density at radius 3 is 2.44 bits per heavy atom. The molecule has 4 atom stereocenters. The third kappa shape index (κ3) is 5.25. The van der Waals surface area contributed by atoms with E-state index in [1.54, 1.807) is 0 Å². The average Bonchev–Trinajstić information content (AvgIpc) is 2.29. The van der Waals surface area contributed by atoms with Gasteiger partial charge in [-0.1, -0.05) is 13.8 Å². The van der Waals surface area contributed by atoms with Crippen molar-refractivity contribution < 1.29 is 10.2 Å². The van der Waals surface area contributed by atoms with Gasteiger partial charge in [-0.05, 0) is 57.4 Å². The first kappa shape index (κ1) is 15.9. The lowest BCUT2D eigenvalue weighted by atomic mass is 9.74. The van der Waals surface area contributed by atoms with Gasteiger partial charge in [-0.15, -0.1) is 0 Å². The van der Waals surface area contributed by atoms with Crippen LogP contribution in [0.15, 0.2) is 0 Å². The molecule has 0 bridgehead atoms. The Labute approximate surface area is 112 Å². The summed E-state index contributed by atoms with van der Waals surface area (Å²) >= 11 is 0. The number of rotatable bonds is 6. The van der Waals surface area contributed by atoms with E-state index in [0.29, 0.717) is 5.92 Å². The zero-order chi connectivity index (χ0) is 13.7. The number of hydrogen-bond donors (Lipinski definition) is 2. The number of hydrogen-bond acceptors (Lipinski definition) is 3. The van der Waals surface area contributed by atoms with Crippen molar-refractivity contribution in [3.05, 3.63) is 0 Å². The molecule has 0 aromatic carbocycles. The summed E-state index contributed by atoms with van der Waals surface area (Å²) in [4.78, 5) is 2.25. The molecule has 1 fully saturated rings. The highest BCUT2D eigenvalue weighted by Gasteiger charge is 2.31. The van der Waals surface area contributed by atoms with E-state index < -0.39 is 0 Å². The largest absolute Gasteiger partial charge is 0.393 e. The van der Waals surface area contributed by atoms with E-state index in [4.69, 9.17) is 0 Å². The third-order valence-corrected chi connectivity index (χ3v) is 4.40. The summed E-state index contributed by atoms with van der Waals surface area (Å²) in [5.41, 5.74) is 0. The van der Waals surface area contributed by atoms with Gasteiger partial charge in [0.15, 0.2) is 0 Å². The highest BCUT2D eigenvalue weighted by molar-refractivity contribution is 4.82. The maximum atomic E-state index is 10.1. The molecule has 0 aromatic heterocycles. The van der Waals surface area contributed by atoms with Crippen LogP contribution in [0.2, 0.25) is 0 Å². The highest BCUT2D eigenvalue weighted by Crippen LogP contribution is 2.34. The molecule has 0 radical (unpaired) electrons. The molecule has 2 N–H and O–H groups in total. The van der Waals surface area contributed by atoms with Gasteiger partial charge in [0.25, 0.3) is 0 Å². The minimum absolute atomic E-state index is 0.131. The van der Waals surface area contributed by atoms with Crippen molar-refractivity contribution >= 4 is 0 Å². The molecule has 0 aliphatic heterocycles. The molecule has 108 valence electrons. The zero-order valence-electron chi connectivity index (χ0n) is 12.5. The molecule has 0 spiro atoms. The van der Waals surface area contributed by atoms with Crippen molar-refractivity contribution in [1.82, 2.24) is 4.90 Å². The Morgan fingerprint density at radius 2 is 1.89 bits per heavy atom. The molecular weight excluding hydrogens is 226 g/mol. The summed E-state index contributed by atoms with van der Waals surface area (Å²) in [7, 11) is 2.09. The first-order valence-electron chi connectivity index (χ1n) is 7.44. The van der Waals surface area contributed by atoms with Crippen molar-refractivity contribution in [2.24, 2.45) is 17.8 Å². The molecule has 1 rings (SSSR count). The van der Waals surface area contributed by atoms with Crippen molar-refractivity contribution in [1.29, 1.82) is 0 Å². The van der Waals surface area contributed by atoms with Crippen molar-refractivity contribution in [2.45, 2.75) is 58.7 Å². The van der Waals surface area contributed by atoms with Crippen LogP contribution in [0.4, 0.5) is 0 Å². The predicted molar refractivity (Wildman–Crippen MR) is 75.5 cm³/mol. The lowest BCUT2D eigenvalue weighted by Gasteiger charge is -2.37. The molecule has 1 aliphatic rings. The van der Waals surface area contributed by atoms with Crippen LogP contribution in [-0.4, -0.2) is 47.5 Å². The highest BCUT2D eigenvalue weighted by atomic mass is 16.3. The monoisotopic (exact) mass is 257 g/mol. The molecule has 0 heterocycles. The summed E-state index contributed by atoms with van der Waals surface area (Å²) in [5, 5.41) is 19.4. The van der Waals surface area contributed by atoms with E-state index in [1.165, 1.54) is 6.42 Å². The number of aliphatic hydroxyl groups excluding tert-OH is 2. The van der Waals surface area contributed by atoms with Crippen LogP contribution in [0.25, 0.3) is 0 Å². The van der Waals surface area contributed by atoms with Gasteiger partial charge >= 0.3 is 0 Å².